The second kappa shape index (κ2) is 6.95. The minimum atomic E-state index is 0.568. The summed E-state index contributed by atoms with van der Waals surface area (Å²) in [6.07, 6.45) is 0. The van der Waals surface area contributed by atoms with Gasteiger partial charge in [-0.05, 0) is 6.92 Å². The molecule has 0 unspecified atom stereocenters. The van der Waals surface area contributed by atoms with Crippen LogP contribution in [0.5, 0.6) is 0 Å². The minimum Gasteiger partial charge on any atom is -0.370 e. The van der Waals surface area contributed by atoms with Crippen molar-refractivity contribution >= 4 is 17.7 Å². The van der Waals surface area contributed by atoms with Gasteiger partial charge in [0.25, 0.3) is 0 Å². The van der Waals surface area contributed by atoms with Crippen molar-refractivity contribution in [3.05, 3.63) is 0 Å². The van der Waals surface area contributed by atoms with E-state index in [1.807, 2.05) is 18.7 Å². The number of hydrogen-bond acceptors (Lipinski definition) is 3. The fourth-order valence-corrected chi connectivity index (χ4v) is 2.35. The molecule has 0 saturated carbocycles. The second-order valence-corrected chi connectivity index (χ2v) is 4.48. The van der Waals surface area contributed by atoms with Crippen LogP contribution < -0.4 is 11.1 Å². The van der Waals surface area contributed by atoms with Crippen LogP contribution in [0.15, 0.2) is 4.99 Å². The molecule has 1 rings (SSSR count). The lowest BCUT2D eigenvalue weighted by Gasteiger charge is -2.25. The Hall–Kier alpha value is -0.420. The number of nitrogens with one attached hydrogen (secondary N) is 1. The van der Waals surface area contributed by atoms with E-state index in [2.05, 4.69) is 15.2 Å². The Labute approximate surface area is 90.3 Å². The van der Waals surface area contributed by atoms with Crippen molar-refractivity contribution in [2.75, 3.05) is 44.2 Å². The molecule has 0 aliphatic carbocycles. The zero-order chi connectivity index (χ0) is 10.2. The van der Waals surface area contributed by atoms with Crippen LogP contribution >= 0.6 is 11.8 Å². The van der Waals surface area contributed by atoms with E-state index < -0.39 is 0 Å². The Morgan fingerprint density at radius 3 is 2.86 bits per heavy atom. The van der Waals surface area contributed by atoms with Crippen LogP contribution in [0.2, 0.25) is 0 Å². The van der Waals surface area contributed by atoms with E-state index in [0.29, 0.717) is 5.96 Å². The third kappa shape index (κ3) is 4.72. The number of rotatable bonds is 4. The van der Waals surface area contributed by atoms with Crippen LogP contribution in [0.1, 0.15) is 6.92 Å². The van der Waals surface area contributed by atoms with Crippen LogP contribution in [0.25, 0.3) is 0 Å². The summed E-state index contributed by atoms with van der Waals surface area (Å²) >= 11 is 2.03. The highest BCUT2D eigenvalue weighted by Crippen LogP contribution is 2.07. The summed E-state index contributed by atoms with van der Waals surface area (Å²) in [6, 6.07) is 0. The molecule has 0 amide bonds. The molecular weight excluding hydrogens is 196 g/mol. The van der Waals surface area contributed by atoms with Gasteiger partial charge in [-0.15, -0.1) is 0 Å². The molecule has 0 radical (unpaired) electrons. The van der Waals surface area contributed by atoms with Crippen molar-refractivity contribution in [3.63, 3.8) is 0 Å². The summed E-state index contributed by atoms with van der Waals surface area (Å²) < 4.78 is 0. The summed E-state index contributed by atoms with van der Waals surface area (Å²) in [6.45, 7) is 7.10. The highest BCUT2D eigenvalue weighted by molar-refractivity contribution is 7.99. The Balaban J connectivity index is 2.09. The van der Waals surface area contributed by atoms with Gasteiger partial charge in [-0.25, -0.2) is 0 Å². The largest absolute Gasteiger partial charge is 0.370 e. The van der Waals surface area contributed by atoms with Crippen LogP contribution in [-0.4, -0.2) is 55.1 Å². The van der Waals surface area contributed by atoms with Crippen LogP contribution in [0.4, 0.5) is 0 Å². The maximum atomic E-state index is 5.62. The molecule has 14 heavy (non-hydrogen) atoms. The van der Waals surface area contributed by atoms with Crippen molar-refractivity contribution < 1.29 is 0 Å². The molecule has 5 heteroatoms. The smallest absolute Gasteiger partial charge is 0.188 e. The quantitative estimate of drug-likeness (QED) is 0.511. The first-order valence-corrected chi connectivity index (χ1v) is 6.32. The first kappa shape index (κ1) is 11.7. The summed E-state index contributed by atoms with van der Waals surface area (Å²) in [5, 5.41) is 2.99. The minimum absolute atomic E-state index is 0.568. The summed E-state index contributed by atoms with van der Waals surface area (Å²) in [7, 11) is 0. The highest BCUT2D eigenvalue weighted by atomic mass is 32.2. The maximum absolute atomic E-state index is 5.62. The van der Waals surface area contributed by atoms with Gasteiger partial charge in [-0.3, -0.25) is 9.89 Å². The topological polar surface area (TPSA) is 53.6 Å². The monoisotopic (exact) mass is 216 g/mol. The number of nitrogens with two attached hydrogens (primary N) is 1. The van der Waals surface area contributed by atoms with Gasteiger partial charge in [0.15, 0.2) is 5.96 Å². The molecule has 82 valence electrons. The van der Waals surface area contributed by atoms with Gasteiger partial charge in [-0.1, -0.05) is 0 Å². The Kier molecular flexibility index (Phi) is 5.78. The molecule has 1 aliphatic heterocycles. The lowest BCUT2D eigenvalue weighted by Crippen LogP contribution is -2.36. The van der Waals surface area contributed by atoms with Crippen LogP contribution in [0.3, 0.4) is 0 Å². The number of guanidine groups is 1. The Bertz CT molecular complexity index is 178. The van der Waals surface area contributed by atoms with Crippen molar-refractivity contribution in [2.45, 2.75) is 6.92 Å². The number of thioether (sulfide) groups is 1. The lowest BCUT2D eigenvalue weighted by molar-refractivity contribution is 0.311. The molecule has 1 saturated heterocycles. The molecule has 0 aromatic heterocycles. The fourth-order valence-electron chi connectivity index (χ4n) is 1.37. The van der Waals surface area contributed by atoms with Gasteiger partial charge in [0, 0.05) is 37.7 Å². The van der Waals surface area contributed by atoms with E-state index in [1.165, 1.54) is 24.6 Å². The predicted octanol–water partition coefficient (Wildman–Crippen LogP) is -0.0406. The van der Waals surface area contributed by atoms with Crippen LogP contribution in [-0.2, 0) is 0 Å². The number of nitrogens with zero attached hydrogens (tertiary/aromatic N) is 2. The van der Waals surface area contributed by atoms with E-state index in [0.717, 1.165) is 19.6 Å². The SMILES string of the molecule is CCNC(N)=NCCN1CCSCC1. The average Bonchev–Trinajstić information content (AvgIpc) is 2.20. The molecular formula is C9H20N4S. The molecule has 0 bridgehead atoms. The summed E-state index contributed by atoms with van der Waals surface area (Å²) in [5.74, 6) is 3.08. The van der Waals surface area contributed by atoms with Crippen molar-refractivity contribution in [1.82, 2.24) is 10.2 Å². The maximum Gasteiger partial charge on any atom is 0.188 e. The van der Waals surface area contributed by atoms with Gasteiger partial charge < -0.3 is 11.1 Å². The van der Waals surface area contributed by atoms with Crippen molar-refractivity contribution in [3.8, 4) is 0 Å². The van der Waals surface area contributed by atoms with Gasteiger partial charge in [0.1, 0.15) is 0 Å². The van der Waals surface area contributed by atoms with Gasteiger partial charge in [0.2, 0.25) is 0 Å². The molecule has 4 nitrogen and oxygen atoms in total. The van der Waals surface area contributed by atoms with Gasteiger partial charge in [0.05, 0.1) is 6.54 Å². The number of aliphatic imine (C=N–C) groups is 1. The Morgan fingerprint density at radius 1 is 1.50 bits per heavy atom. The third-order valence-electron chi connectivity index (χ3n) is 2.16. The zero-order valence-corrected chi connectivity index (χ0v) is 9.65. The molecule has 1 fully saturated rings. The van der Waals surface area contributed by atoms with Gasteiger partial charge >= 0.3 is 0 Å². The molecule has 0 aromatic carbocycles. The van der Waals surface area contributed by atoms with E-state index in [1.54, 1.807) is 0 Å². The molecule has 0 spiro atoms. The van der Waals surface area contributed by atoms with E-state index in [9.17, 15) is 0 Å². The standard InChI is InChI=1S/C9H20N4S/c1-2-11-9(10)12-3-4-13-5-7-14-8-6-13/h2-8H2,1H3,(H3,10,11,12). The summed E-state index contributed by atoms with van der Waals surface area (Å²) in [4.78, 5) is 6.69. The second-order valence-electron chi connectivity index (χ2n) is 3.25. The molecule has 0 atom stereocenters. The van der Waals surface area contributed by atoms with E-state index in [4.69, 9.17) is 5.73 Å². The van der Waals surface area contributed by atoms with Gasteiger partial charge in [-0.2, -0.15) is 11.8 Å². The number of hydrogen-bond donors (Lipinski definition) is 2. The molecule has 0 aromatic rings. The van der Waals surface area contributed by atoms with Crippen LogP contribution in [0, 0.1) is 0 Å². The molecule has 1 heterocycles. The van der Waals surface area contributed by atoms with E-state index in [-0.39, 0.29) is 0 Å². The highest BCUT2D eigenvalue weighted by Gasteiger charge is 2.08. The molecule has 1 aliphatic rings. The van der Waals surface area contributed by atoms with E-state index >= 15 is 0 Å². The lowest BCUT2D eigenvalue weighted by atomic mass is 10.4. The predicted molar refractivity (Wildman–Crippen MR) is 63.9 cm³/mol. The molecule has 3 N–H and O–H groups in total. The Morgan fingerprint density at radius 2 is 2.21 bits per heavy atom. The van der Waals surface area contributed by atoms with Crippen molar-refractivity contribution in [2.24, 2.45) is 10.7 Å². The zero-order valence-electron chi connectivity index (χ0n) is 8.83. The first-order valence-electron chi connectivity index (χ1n) is 5.17. The average molecular weight is 216 g/mol. The fraction of sp³-hybridized carbons (Fsp3) is 0.889. The van der Waals surface area contributed by atoms with Crippen molar-refractivity contribution in [1.29, 1.82) is 0 Å². The third-order valence-corrected chi connectivity index (χ3v) is 3.10. The summed E-state index contributed by atoms with van der Waals surface area (Å²) in [5.41, 5.74) is 5.62. The normalized spacial score (nSPS) is 19.6. The first-order chi connectivity index (χ1) is 6.83.